The van der Waals surface area contributed by atoms with Gasteiger partial charge in [-0.3, -0.25) is 9.36 Å². The molecule has 0 radical (unpaired) electrons. The molecule has 0 spiro atoms. The SMILES string of the molecule is O=c1cc(-c2ccc(OC3CCNCC3)cc2)ccn1C(F)F. The van der Waals surface area contributed by atoms with E-state index in [1.807, 2.05) is 24.3 Å². The molecule has 1 fully saturated rings. The lowest BCUT2D eigenvalue weighted by Gasteiger charge is -2.23. The smallest absolute Gasteiger partial charge is 0.321 e. The molecule has 6 heteroatoms. The van der Waals surface area contributed by atoms with Crippen LogP contribution in [0, 0.1) is 0 Å². The lowest BCUT2D eigenvalue weighted by atomic mass is 10.1. The Morgan fingerprint density at radius 1 is 1.09 bits per heavy atom. The molecule has 1 aromatic carbocycles. The minimum absolute atomic E-state index is 0.220. The molecule has 0 aliphatic carbocycles. The first-order valence-electron chi connectivity index (χ1n) is 7.61. The zero-order chi connectivity index (χ0) is 16.2. The van der Waals surface area contributed by atoms with E-state index in [0.29, 0.717) is 10.1 Å². The van der Waals surface area contributed by atoms with E-state index in [-0.39, 0.29) is 6.10 Å². The average molecular weight is 320 g/mol. The van der Waals surface area contributed by atoms with Gasteiger partial charge in [0, 0.05) is 12.3 Å². The Balaban J connectivity index is 1.74. The number of aromatic nitrogens is 1. The zero-order valence-electron chi connectivity index (χ0n) is 12.5. The van der Waals surface area contributed by atoms with Crippen molar-refractivity contribution in [1.29, 1.82) is 0 Å². The number of benzene rings is 1. The van der Waals surface area contributed by atoms with E-state index in [9.17, 15) is 13.6 Å². The van der Waals surface area contributed by atoms with Crippen molar-refractivity contribution in [3.05, 3.63) is 52.9 Å². The highest BCUT2D eigenvalue weighted by Gasteiger charge is 2.14. The molecule has 1 N–H and O–H groups in total. The number of nitrogens with zero attached hydrogens (tertiary/aromatic N) is 1. The molecule has 0 bridgehead atoms. The standard InChI is InChI=1S/C17H18F2N2O2/c18-17(19)21-10-7-13(11-16(21)22)12-1-3-14(4-2-12)23-15-5-8-20-9-6-15/h1-4,7,10-11,15,17,20H,5-6,8-9H2. The van der Waals surface area contributed by atoms with Gasteiger partial charge in [0.1, 0.15) is 11.9 Å². The van der Waals surface area contributed by atoms with Crippen LogP contribution in [0.2, 0.25) is 0 Å². The average Bonchev–Trinajstić information content (AvgIpc) is 2.56. The van der Waals surface area contributed by atoms with Gasteiger partial charge in [-0.2, -0.15) is 8.78 Å². The van der Waals surface area contributed by atoms with Crippen molar-refractivity contribution in [1.82, 2.24) is 9.88 Å². The zero-order valence-corrected chi connectivity index (χ0v) is 12.5. The highest BCUT2D eigenvalue weighted by molar-refractivity contribution is 5.63. The number of hydrogen-bond acceptors (Lipinski definition) is 3. The van der Waals surface area contributed by atoms with Gasteiger partial charge in [0.15, 0.2) is 0 Å². The molecule has 0 unspecified atom stereocenters. The molecular formula is C17H18F2N2O2. The minimum Gasteiger partial charge on any atom is -0.490 e. The summed E-state index contributed by atoms with van der Waals surface area (Å²) < 4.78 is 31.5. The highest BCUT2D eigenvalue weighted by atomic mass is 19.3. The number of nitrogens with one attached hydrogen (secondary N) is 1. The topological polar surface area (TPSA) is 43.3 Å². The molecule has 0 atom stereocenters. The molecule has 122 valence electrons. The third kappa shape index (κ3) is 3.76. The van der Waals surface area contributed by atoms with Crippen LogP contribution < -0.4 is 15.6 Å². The summed E-state index contributed by atoms with van der Waals surface area (Å²) in [4.78, 5) is 11.6. The normalized spacial score (nSPS) is 15.8. The van der Waals surface area contributed by atoms with Crippen molar-refractivity contribution in [2.75, 3.05) is 13.1 Å². The van der Waals surface area contributed by atoms with Crippen molar-refractivity contribution in [2.45, 2.75) is 25.5 Å². The summed E-state index contributed by atoms with van der Waals surface area (Å²) in [5.41, 5.74) is 0.689. The minimum atomic E-state index is -2.82. The van der Waals surface area contributed by atoms with Crippen LogP contribution in [0.3, 0.4) is 0 Å². The number of piperidine rings is 1. The number of rotatable bonds is 4. The second-order valence-corrected chi connectivity index (χ2v) is 5.53. The van der Waals surface area contributed by atoms with E-state index in [4.69, 9.17) is 4.74 Å². The van der Waals surface area contributed by atoms with E-state index in [1.54, 1.807) is 0 Å². The highest BCUT2D eigenvalue weighted by Crippen LogP contribution is 2.23. The number of hydrogen-bond donors (Lipinski definition) is 1. The van der Waals surface area contributed by atoms with Crippen LogP contribution in [0.1, 0.15) is 19.4 Å². The van der Waals surface area contributed by atoms with Crippen molar-refractivity contribution in [3.8, 4) is 16.9 Å². The summed E-state index contributed by atoms with van der Waals surface area (Å²) in [6.07, 6.45) is 3.29. The summed E-state index contributed by atoms with van der Waals surface area (Å²) in [7, 11) is 0. The number of alkyl halides is 2. The predicted molar refractivity (Wildman–Crippen MR) is 83.9 cm³/mol. The maximum Gasteiger partial charge on any atom is 0.321 e. The van der Waals surface area contributed by atoms with E-state index in [0.717, 1.165) is 43.4 Å². The second kappa shape index (κ2) is 6.91. The van der Waals surface area contributed by atoms with Gasteiger partial charge in [-0.15, -0.1) is 0 Å². The van der Waals surface area contributed by atoms with E-state index >= 15 is 0 Å². The summed E-state index contributed by atoms with van der Waals surface area (Å²) in [5.74, 6) is 0.779. The number of pyridine rings is 1. The van der Waals surface area contributed by atoms with Gasteiger partial charge in [-0.05, 0) is 55.3 Å². The third-order valence-corrected chi connectivity index (χ3v) is 3.94. The summed E-state index contributed by atoms with van der Waals surface area (Å²) >= 11 is 0. The lowest BCUT2D eigenvalue weighted by Crippen LogP contribution is -2.34. The van der Waals surface area contributed by atoms with Crippen molar-refractivity contribution >= 4 is 0 Å². The molecule has 1 saturated heterocycles. The van der Waals surface area contributed by atoms with Crippen LogP contribution in [-0.2, 0) is 0 Å². The molecule has 2 aromatic rings. The molecule has 4 nitrogen and oxygen atoms in total. The van der Waals surface area contributed by atoms with E-state index < -0.39 is 12.1 Å². The van der Waals surface area contributed by atoms with Gasteiger partial charge in [0.05, 0.1) is 0 Å². The van der Waals surface area contributed by atoms with E-state index in [2.05, 4.69) is 5.32 Å². The van der Waals surface area contributed by atoms with Gasteiger partial charge >= 0.3 is 6.55 Å². The summed E-state index contributed by atoms with van der Waals surface area (Å²) in [6.45, 7) is -0.899. The van der Waals surface area contributed by atoms with Gasteiger partial charge < -0.3 is 10.1 Å². The van der Waals surface area contributed by atoms with E-state index in [1.165, 1.54) is 12.1 Å². The first kappa shape index (κ1) is 15.7. The van der Waals surface area contributed by atoms with Crippen molar-refractivity contribution < 1.29 is 13.5 Å². The summed E-state index contributed by atoms with van der Waals surface area (Å²) in [5, 5.41) is 3.28. The molecule has 2 heterocycles. The van der Waals surface area contributed by atoms with Crippen LogP contribution in [0.4, 0.5) is 8.78 Å². The van der Waals surface area contributed by atoms with Crippen molar-refractivity contribution in [2.24, 2.45) is 0 Å². The lowest BCUT2D eigenvalue weighted by molar-refractivity contribution is 0.0664. The Morgan fingerprint density at radius 3 is 2.39 bits per heavy atom. The maximum atomic E-state index is 12.6. The molecule has 1 aliphatic rings. The molecule has 3 rings (SSSR count). The number of halogens is 2. The molecule has 0 saturated carbocycles. The van der Waals surface area contributed by atoms with Crippen LogP contribution in [0.15, 0.2) is 47.4 Å². The quantitative estimate of drug-likeness (QED) is 0.941. The molecular weight excluding hydrogens is 302 g/mol. The molecule has 23 heavy (non-hydrogen) atoms. The first-order valence-corrected chi connectivity index (χ1v) is 7.61. The molecule has 1 aromatic heterocycles. The van der Waals surface area contributed by atoms with Gasteiger partial charge in [0.25, 0.3) is 5.56 Å². The Hall–Kier alpha value is -2.21. The van der Waals surface area contributed by atoms with Crippen LogP contribution in [0.25, 0.3) is 11.1 Å². The third-order valence-electron chi connectivity index (χ3n) is 3.94. The monoisotopic (exact) mass is 320 g/mol. The predicted octanol–water partition coefficient (Wildman–Crippen LogP) is 3.04. The fourth-order valence-corrected chi connectivity index (χ4v) is 2.66. The largest absolute Gasteiger partial charge is 0.490 e. The maximum absolute atomic E-state index is 12.6. The Morgan fingerprint density at radius 2 is 1.78 bits per heavy atom. The van der Waals surface area contributed by atoms with Crippen LogP contribution in [-0.4, -0.2) is 23.8 Å². The van der Waals surface area contributed by atoms with Gasteiger partial charge in [-0.25, -0.2) is 0 Å². The number of ether oxygens (including phenoxy) is 1. The van der Waals surface area contributed by atoms with Gasteiger partial charge in [0.2, 0.25) is 0 Å². The van der Waals surface area contributed by atoms with Crippen LogP contribution in [0.5, 0.6) is 5.75 Å². The van der Waals surface area contributed by atoms with Crippen molar-refractivity contribution in [3.63, 3.8) is 0 Å². The molecule has 1 aliphatic heterocycles. The fourth-order valence-electron chi connectivity index (χ4n) is 2.66. The Kier molecular flexibility index (Phi) is 4.71. The Bertz CT molecular complexity index is 707. The second-order valence-electron chi connectivity index (χ2n) is 5.53. The first-order chi connectivity index (χ1) is 11.1. The Labute approximate surface area is 132 Å². The summed E-state index contributed by atoms with van der Waals surface area (Å²) in [6, 6.07) is 10.1. The van der Waals surface area contributed by atoms with Crippen LogP contribution >= 0.6 is 0 Å². The fraction of sp³-hybridized carbons (Fsp3) is 0.353. The van der Waals surface area contributed by atoms with Gasteiger partial charge in [-0.1, -0.05) is 12.1 Å². The molecule has 0 amide bonds.